The Balaban J connectivity index is 1.88. The minimum absolute atomic E-state index is 0.0529. The first-order chi connectivity index (χ1) is 11.9. The monoisotopic (exact) mass is 352 g/mol. The fraction of sp³-hybridized carbons (Fsp3) is 0.100. The number of hydrogen-bond acceptors (Lipinski definition) is 3. The third kappa shape index (κ3) is 3.80. The van der Waals surface area contributed by atoms with E-state index in [0.717, 1.165) is 5.56 Å². The molecule has 0 radical (unpaired) electrons. The van der Waals surface area contributed by atoms with Crippen LogP contribution >= 0.6 is 11.6 Å². The second-order valence-electron chi connectivity index (χ2n) is 5.86. The third-order valence-electron chi connectivity index (χ3n) is 3.98. The fourth-order valence-corrected chi connectivity index (χ4v) is 2.64. The number of amides is 1. The van der Waals surface area contributed by atoms with E-state index in [2.05, 4.69) is 17.2 Å². The van der Waals surface area contributed by atoms with Crippen molar-refractivity contribution < 1.29 is 9.59 Å². The number of rotatable bonds is 3. The molecule has 1 saturated heterocycles. The molecule has 2 N–H and O–H groups in total. The van der Waals surface area contributed by atoms with Crippen LogP contribution in [0.15, 0.2) is 66.5 Å². The zero-order valence-electron chi connectivity index (χ0n) is 13.7. The van der Waals surface area contributed by atoms with Crippen LogP contribution in [-0.2, 0) is 4.79 Å². The summed E-state index contributed by atoms with van der Waals surface area (Å²) in [6.45, 7) is 5.70. The van der Waals surface area contributed by atoms with E-state index in [0.29, 0.717) is 27.5 Å². The van der Waals surface area contributed by atoms with E-state index in [1.807, 2.05) is 13.0 Å². The summed E-state index contributed by atoms with van der Waals surface area (Å²) < 4.78 is 0. The van der Waals surface area contributed by atoms with Gasteiger partial charge in [-0.25, -0.2) is 0 Å². The number of carbonyl (C=O) groups excluding carboxylic acids is 2. The van der Waals surface area contributed by atoms with Crippen molar-refractivity contribution in [2.45, 2.75) is 13.0 Å². The summed E-state index contributed by atoms with van der Waals surface area (Å²) in [7, 11) is 0. The molecule has 1 atom stereocenters. The van der Waals surface area contributed by atoms with Crippen molar-refractivity contribution >= 4 is 29.4 Å². The number of piperazine rings is 1. The van der Waals surface area contributed by atoms with E-state index < -0.39 is 0 Å². The van der Waals surface area contributed by atoms with Gasteiger partial charge in [0.2, 0.25) is 0 Å². The van der Waals surface area contributed by atoms with Crippen molar-refractivity contribution in [2.75, 3.05) is 0 Å². The molecule has 5 heteroatoms. The average Bonchev–Trinajstić information content (AvgIpc) is 2.60. The fourth-order valence-electron chi connectivity index (χ4n) is 2.52. The highest BCUT2D eigenvalue weighted by molar-refractivity contribution is 6.30. The molecular weight excluding hydrogens is 336 g/mol. The van der Waals surface area contributed by atoms with Crippen LogP contribution in [0.5, 0.6) is 0 Å². The highest BCUT2D eigenvalue weighted by Crippen LogP contribution is 2.17. The molecule has 0 aliphatic carbocycles. The molecule has 0 bridgehead atoms. The van der Waals surface area contributed by atoms with Gasteiger partial charge in [-0.1, -0.05) is 36.4 Å². The van der Waals surface area contributed by atoms with Crippen LogP contribution in [0.4, 0.5) is 0 Å². The quantitative estimate of drug-likeness (QED) is 0.656. The number of nitrogens with one attached hydrogen (secondary N) is 2. The normalized spacial score (nSPS) is 18.6. The molecule has 0 saturated carbocycles. The summed E-state index contributed by atoms with van der Waals surface area (Å²) in [5, 5.41) is 6.41. The molecule has 0 aromatic heterocycles. The lowest BCUT2D eigenvalue weighted by Gasteiger charge is -2.26. The molecule has 3 rings (SSSR count). The first-order valence-corrected chi connectivity index (χ1v) is 8.20. The van der Waals surface area contributed by atoms with Crippen molar-refractivity contribution in [3.63, 3.8) is 0 Å². The molecule has 1 aliphatic rings. The van der Waals surface area contributed by atoms with E-state index in [9.17, 15) is 9.59 Å². The van der Waals surface area contributed by atoms with Gasteiger partial charge < -0.3 is 10.6 Å². The molecule has 0 spiro atoms. The molecule has 1 fully saturated rings. The Morgan fingerprint density at radius 2 is 1.88 bits per heavy atom. The van der Waals surface area contributed by atoms with Gasteiger partial charge in [0, 0.05) is 21.8 Å². The van der Waals surface area contributed by atoms with Crippen LogP contribution in [0.3, 0.4) is 0 Å². The van der Waals surface area contributed by atoms with E-state index in [4.69, 9.17) is 11.6 Å². The van der Waals surface area contributed by atoms with E-state index in [-0.39, 0.29) is 17.7 Å². The summed E-state index contributed by atoms with van der Waals surface area (Å²) in [5.74, 6) is -0.336. The van der Waals surface area contributed by atoms with Gasteiger partial charge in [-0.05, 0) is 48.9 Å². The standard InChI is InChI=1S/C20H17ClN2O2/c1-12-13(2)23-20(25)18(22-12)11-14-4-3-5-16(10-14)19(24)15-6-8-17(21)9-7-15/h3-12,22H,2H2,1H3,(H,23,25)/b18-11-. The second-order valence-corrected chi connectivity index (χ2v) is 6.30. The Kier molecular flexibility index (Phi) is 4.72. The average molecular weight is 353 g/mol. The Bertz CT molecular complexity index is 885. The van der Waals surface area contributed by atoms with Gasteiger partial charge in [0.1, 0.15) is 5.70 Å². The Labute approximate surface area is 151 Å². The molecule has 2 aromatic rings. The van der Waals surface area contributed by atoms with Gasteiger partial charge >= 0.3 is 0 Å². The Morgan fingerprint density at radius 3 is 2.60 bits per heavy atom. The molecule has 1 unspecified atom stereocenters. The van der Waals surface area contributed by atoms with Gasteiger partial charge in [0.15, 0.2) is 5.78 Å². The maximum Gasteiger partial charge on any atom is 0.271 e. The topological polar surface area (TPSA) is 58.2 Å². The van der Waals surface area contributed by atoms with Gasteiger partial charge in [0.25, 0.3) is 5.91 Å². The summed E-state index contributed by atoms with van der Waals surface area (Å²) in [6.07, 6.45) is 1.72. The maximum atomic E-state index is 12.6. The predicted octanol–water partition coefficient (Wildman–Crippen LogP) is 3.53. The minimum Gasteiger partial charge on any atom is -0.373 e. The van der Waals surface area contributed by atoms with Crippen LogP contribution in [0.2, 0.25) is 5.02 Å². The van der Waals surface area contributed by atoms with Gasteiger partial charge in [-0.15, -0.1) is 0 Å². The van der Waals surface area contributed by atoms with Crippen LogP contribution in [0.1, 0.15) is 28.4 Å². The van der Waals surface area contributed by atoms with Gasteiger partial charge in [-0.2, -0.15) is 0 Å². The van der Waals surface area contributed by atoms with Gasteiger partial charge in [-0.3, -0.25) is 9.59 Å². The Morgan fingerprint density at radius 1 is 1.16 bits per heavy atom. The molecule has 2 aromatic carbocycles. The summed E-state index contributed by atoms with van der Waals surface area (Å²) >= 11 is 5.86. The highest BCUT2D eigenvalue weighted by atomic mass is 35.5. The summed E-state index contributed by atoms with van der Waals surface area (Å²) in [6, 6.07) is 13.8. The minimum atomic E-state index is -0.238. The molecule has 4 nitrogen and oxygen atoms in total. The lowest BCUT2D eigenvalue weighted by Crippen LogP contribution is -2.46. The van der Waals surface area contributed by atoms with Crippen molar-refractivity contribution in [1.82, 2.24) is 10.6 Å². The van der Waals surface area contributed by atoms with Crippen molar-refractivity contribution in [3.8, 4) is 0 Å². The zero-order chi connectivity index (χ0) is 18.0. The largest absolute Gasteiger partial charge is 0.373 e. The van der Waals surface area contributed by atoms with E-state index >= 15 is 0 Å². The lowest BCUT2D eigenvalue weighted by molar-refractivity contribution is -0.117. The van der Waals surface area contributed by atoms with Crippen LogP contribution < -0.4 is 10.6 Å². The number of halogens is 1. The summed E-state index contributed by atoms with van der Waals surface area (Å²) in [5.41, 5.74) is 2.94. The van der Waals surface area contributed by atoms with Crippen molar-refractivity contribution in [1.29, 1.82) is 0 Å². The first-order valence-electron chi connectivity index (χ1n) is 7.83. The van der Waals surface area contributed by atoms with Crippen LogP contribution in [0, 0.1) is 0 Å². The first kappa shape index (κ1) is 17.0. The lowest BCUT2D eigenvalue weighted by atomic mass is 10.0. The summed E-state index contributed by atoms with van der Waals surface area (Å²) in [4.78, 5) is 24.6. The maximum absolute atomic E-state index is 12.6. The van der Waals surface area contributed by atoms with Crippen LogP contribution in [-0.4, -0.2) is 17.7 Å². The highest BCUT2D eigenvalue weighted by Gasteiger charge is 2.21. The number of benzene rings is 2. The number of ketones is 1. The molecule has 1 amide bonds. The van der Waals surface area contributed by atoms with Crippen molar-refractivity contribution in [3.05, 3.63) is 88.2 Å². The Hall–Kier alpha value is -2.85. The molecule has 126 valence electrons. The number of carbonyl (C=O) groups is 2. The molecular formula is C20H17ClN2O2. The molecule has 1 aliphatic heterocycles. The van der Waals surface area contributed by atoms with E-state index in [1.165, 1.54) is 0 Å². The van der Waals surface area contributed by atoms with Crippen molar-refractivity contribution in [2.24, 2.45) is 0 Å². The smallest absolute Gasteiger partial charge is 0.271 e. The number of hydrogen-bond donors (Lipinski definition) is 2. The molecule has 1 heterocycles. The zero-order valence-corrected chi connectivity index (χ0v) is 14.4. The van der Waals surface area contributed by atoms with Crippen LogP contribution in [0.25, 0.3) is 6.08 Å². The van der Waals surface area contributed by atoms with Gasteiger partial charge in [0.05, 0.1) is 6.04 Å². The predicted molar refractivity (Wildman–Crippen MR) is 99.2 cm³/mol. The third-order valence-corrected chi connectivity index (χ3v) is 4.23. The van der Waals surface area contributed by atoms with E-state index in [1.54, 1.807) is 48.5 Å². The molecule has 25 heavy (non-hydrogen) atoms. The SMILES string of the molecule is C=C1NC(=O)/C(=C/c2cccc(C(=O)c3ccc(Cl)cc3)c2)NC1C. The second kappa shape index (κ2) is 6.95.